The van der Waals surface area contributed by atoms with Gasteiger partial charge in [-0.2, -0.15) is 0 Å². The maximum atomic E-state index is 5.59. The van der Waals surface area contributed by atoms with Crippen LogP contribution < -0.4 is 5.32 Å². The van der Waals surface area contributed by atoms with E-state index in [4.69, 9.17) is 14.7 Å². The number of ether oxygens (including phenoxy) is 1. The van der Waals surface area contributed by atoms with Crippen molar-refractivity contribution in [3.63, 3.8) is 0 Å². The van der Waals surface area contributed by atoms with Crippen molar-refractivity contribution < 1.29 is 4.74 Å². The summed E-state index contributed by atoms with van der Waals surface area (Å²) in [6.45, 7) is 6.62. The van der Waals surface area contributed by atoms with Crippen molar-refractivity contribution in [3.05, 3.63) is 204 Å². The molecule has 0 saturated heterocycles. The van der Waals surface area contributed by atoms with E-state index in [1.807, 2.05) is 62.8 Å². The molecule has 15 nitrogen and oxygen atoms in total. The first kappa shape index (κ1) is 53.5. The highest BCUT2D eigenvalue weighted by molar-refractivity contribution is 5.83. The van der Waals surface area contributed by atoms with Gasteiger partial charge in [-0.1, -0.05) is 78.9 Å². The van der Waals surface area contributed by atoms with Crippen LogP contribution in [-0.2, 0) is 56.1 Å². The average molecular weight is 1100 g/mol. The summed E-state index contributed by atoms with van der Waals surface area (Å²) in [5.74, 6) is 1.88. The van der Waals surface area contributed by atoms with Crippen molar-refractivity contribution in [2.45, 2.75) is 113 Å². The molecule has 1 N–H and O–H groups in total. The van der Waals surface area contributed by atoms with E-state index < -0.39 is 0 Å². The average Bonchev–Trinajstić information content (AvgIpc) is 4.58. The molecule has 15 heteroatoms. The van der Waals surface area contributed by atoms with Crippen LogP contribution in [0.15, 0.2) is 175 Å². The molecule has 4 aliphatic carbocycles. The minimum absolute atomic E-state index is 0.0852. The van der Waals surface area contributed by atoms with Crippen LogP contribution in [0.5, 0.6) is 0 Å². The van der Waals surface area contributed by atoms with E-state index in [-0.39, 0.29) is 16.6 Å². The second-order valence-corrected chi connectivity index (χ2v) is 23.9. The number of likely N-dealkylation sites (N-methyl/N-ethyl adjacent to an activating group) is 2. The zero-order valence-corrected chi connectivity index (χ0v) is 47.9. The number of hydrogen-bond acceptors (Lipinski definition) is 15. The molecule has 4 unspecified atom stereocenters. The molecule has 4 aromatic heterocycles. The number of aliphatic imine (C=N–C) groups is 3. The minimum atomic E-state index is -0.0852. The van der Waals surface area contributed by atoms with Crippen molar-refractivity contribution >= 4 is 18.1 Å². The zero-order chi connectivity index (χ0) is 56.4. The van der Waals surface area contributed by atoms with Gasteiger partial charge in [-0.05, 0) is 144 Å². The fourth-order valence-corrected chi connectivity index (χ4v) is 14.3. The first-order chi connectivity index (χ1) is 40.6. The summed E-state index contributed by atoms with van der Waals surface area (Å²) in [4.78, 5) is 51.8. The van der Waals surface area contributed by atoms with Crippen LogP contribution in [0.4, 0.5) is 0 Å². The zero-order valence-electron chi connectivity index (χ0n) is 47.9. The predicted octanol–water partition coefficient (Wildman–Crippen LogP) is 10.4. The van der Waals surface area contributed by atoms with Crippen molar-refractivity contribution in [3.8, 4) is 44.5 Å². The van der Waals surface area contributed by atoms with Crippen molar-refractivity contribution in [2.75, 3.05) is 33.8 Å². The van der Waals surface area contributed by atoms with Gasteiger partial charge in [-0.3, -0.25) is 9.98 Å². The van der Waals surface area contributed by atoms with Crippen molar-refractivity contribution in [1.82, 2.24) is 55.0 Å². The molecule has 8 aliphatic rings. The van der Waals surface area contributed by atoms with Crippen LogP contribution in [0.1, 0.15) is 84.0 Å². The molecule has 0 amide bonds. The summed E-state index contributed by atoms with van der Waals surface area (Å²) >= 11 is 0. The Labute approximate surface area is 486 Å². The lowest BCUT2D eigenvalue weighted by Gasteiger charge is -2.42. The molecular weight excluding hydrogens is 1030 g/mol. The largest absolute Gasteiger partial charge is 0.479 e. The fourth-order valence-electron chi connectivity index (χ4n) is 14.3. The Hall–Kier alpha value is -8.85. The first-order valence-electron chi connectivity index (χ1n) is 29.1. The molecular formula is C68H70N14O. The van der Waals surface area contributed by atoms with Gasteiger partial charge in [-0.15, -0.1) is 0 Å². The van der Waals surface area contributed by atoms with Crippen molar-refractivity contribution in [2.24, 2.45) is 15.0 Å². The van der Waals surface area contributed by atoms with Gasteiger partial charge in [0.05, 0.1) is 29.8 Å². The lowest BCUT2D eigenvalue weighted by Crippen LogP contribution is -2.49. The number of amidine groups is 1. The van der Waals surface area contributed by atoms with E-state index in [0.29, 0.717) is 12.1 Å². The van der Waals surface area contributed by atoms with E-state index in [9.17, 15) is 0 Å². The molecule has 4 aromatic carbocycles. The Bertz CT molecular complexity index is 3780. The van der Waals surface area contributed by atoms with Gasteiger partial charge in [-0.25, -0.2) is 44.9 Å². The molecule has 8 aromatic rings. The summed E-state index contributed by atoms with van der Waals surface area (Å²) < 4.78 is 5.59. The third kappa shape index (κ3) is 10.9. The Kier molecular flexibility index (Phi) is 14.5. The highest BCUT2D eigenvalue weighted by atomic mass is 16.5. The van der Waals surface area contributed by atoms with Gasteiger partial charge < -0.3 is 19.9 Å². The van der Waals surface area contributed by atoms with Crippen LogP contribution >= 0.6 is 0 Å². The highest BCUT2D eigenvalue weighted by Crippen LogP contribution is 2.44. The summed E-state index contributed by atoms with van der Waals surface area (Å²) in [5, 5.41) is 3.59. The third-order valence-electron chi connectivity index (χ3n) is 18.4. The van der Waals surface area contributed by atoms with E-state index in [1.54, 1.807) is 25.3 Å². The molecule has 4 atom stereocenters. The summed E-state index contributed by atoms with van der Waals surface area (Å²) in [6, 6.07) is 26.2. The molecule has 0 radical (unpaired) electrons. The molecule has 0 fully saturated rings. The molecule has 16 rings (SSSR count). The van der Waals surface area contributed by atoms with E-state index >= 15 is 0 Å². The number of nitrogens with one attached hydrogen (secondary N) is 1. The monoisotopic (exact) mass is 1100 g/mol. The predicted molar refractivity (Wildman–Crippen MR) is 327 cm³/mol. The lowest BCUT2D eigenvalue weighted by atomic mass is 9.74. The molecule has 4 spiro atoms. The standard InChI is InChI=1S/C18H19N3.2C17H18N4.C16H15N3O/c1-21-9-3-7-18(21)8-6-17-14(10-18)4-2-5-16(17)15-11-19-13-20-12-15;1-21-10-17(20-12-21)6-5-16-13(7-17)3-2-4-15(16)14-8-18-11-19-9-14;1-12-20-10-17(21-12)6-5-16-13(7-17)3-2-4-15(16)14-8-18-11-19-9-14;1-11-19-16(9-20-11)5-12-3-2-4-14(15(12)6-16)13-7-17-10-18-8-13/h2-5,9,11-13H,6-8,10H2,1H3;2-4,8-9,11-12H,5-7,10H2,1H3;2-4,8-9,11H,5-7,10H2,1H3,(H,20,21);2-4,7-8,10H,5-6,9H2,1H3. The highest BCUT2D eigenvalue weighted by Gasteiger charge is 2.43. The van der Waals surface area contributed by atoms with Crippen LogP contribution in [0.25, 0.3) is 44.5 Å². The fraction of sp³-hybridized carbons (Fsp3) is 0.338. The first-order valence-corrected chi connectivity index (χ1v) is 29.1. The topological polar surface area (TPSA) is 168 Å². The Morgan fingerprint density at radius 3 is 1.43 bits per heavy atom. The number of aromatic nitrogens is 8. The minimum Gasteiger partial charge on any atom is -0.479 e. The second-order valence-electron chi connectivity index (χ2n) is 23.9. The second kappa shape index (κ2) is 22.5. The van der Waals surface area contributed by atoms with Gasteiger partial charge in [0.25, 0.3) is 0 Å². The Morgan fingerprint density at radius 1 is 0.506 bits per heavy atom. The number of benzene rings is 4. The van der Waals surface area contributed by atoms with Gasteiger partial charge in [0.2, 0.25) is 0 Å². The molecule has 0 saturated carbocycles. The Balaban J connectivity index is 0.000000104. The van der Waals surface area contributed by atoms with E-state index in [1.165, 1.54) is 79.6 Å². The summed E-state index contributed by atoms with van der Waals surface area (Å²) in [5.41, 5.74) is 21.4. The van der Waals surface area contributed by atoms with Crippen LogP contribution in [0.2, 0.25) is 0 Å². The maximum absolute atomic E-state index is 5.59. The number of rotatable bonds is 4. The number of hydrogen-bond donors (Lipinski definition) is 1. The van der Waals surface area contributed by atoms with E-state index in [2.05, 4.69) is 166 Å². The molecule has 8 heterocycles. The summed E-state index contributed by atoms with van der Waals surface area (Å²) in [6.07, 6.45) is 41.0. The molecule has 4 aliphatic heterocycles. The van der Waals surface area contributed by atoms with Gasteiger partial charge >= 0.3 is 0 Å². The normalized spacial score (nSPS) is 23.6. The third-order valence-corrected chi connectivity index (χ3v) is 18.4. The summed E-state index contributed by atoms with van der Waals surface area (Å²) in [7, 11) is 4.31. The Morgan fingerprint density at radius 2 is 0.976 bits per heavy atom. The van der Waals surface area contributed by atoms with Gasteiger partial charge in [0, 0.05) is 118 Å². The smallest absolute Gasteiger partial charge is 0.180 e. The molecule has 0 bridgehead atoms. The van der Waals surface area contributed by atoms with Gasteiger partial charge in [0.15, 0.2) is 5.90 Å². The number of nitrogens with zero attached hydrogens (tertiary/aromatic N) is 13. The van der Waals surface area contributed by atoms with E-state index in [0.717, 1.165) is 111 Å². The van der Waals surface area contributed by atoms with Gasteiger partial charge in [0.1, 0.15) is 37.5 Å². The SMILES string of the molecule is CC1=NC2(CO1)Cc1cccc(-c3cncnc3)c1C2.CC1=NCC2(CCc3c(cccc3-c3cncnc3)C2)N1.CN1C=CCC12CCc1c(cccc1-c1cncnc1)C2.CN1C=NC2(CCc3c(cccc3-c3cncnc3)C2)C1. The van der Waals surface area contributed by atoms with Crippen LogP contribution in [-0.4, -0.2) is 124 Å². The van der Waals surface area contributed by atoms with Crippen molar-refractivity contribution in [1.29, 1.82) is 0 Å². The molecule has 83 heavy (non-hydrogen) atoms. The number of fused-ring (bicyclic) bond motifs is 4. The lowest BCUT2D eigenvalue weighted by molar-refractivity contribution is 0.176. The quantitative estimate of drug-likeness (QED) is 0.177. The maximum Gasteiger partial charge on any atom is 0.180 e. The van der Waals surface area contributed by atoms with Crippen LogP contribution in [0, 0.1) is 0 Å². The van der Waals surface area contributed by atoms with Crippen LogP contribution in [0.3, 0.4) is 0 Å². The molecule has 418 valence electrons.